The van der Waals surface area contributed by atoms with Crippen molar-refractivity contribution in [3.05, 3.63) is 18.2 Å². The molecule has 5 heteroatoms. The fourth-order valence-electron chi connectivity index (χ4n) is 1.70. The van der Waals surface area contributed by atoms with Gasteiger partial charge in [-0.25, -0.2) is 8.42 Å². The summed E-state index contributed by atoms with van der Waals surface area (Å²) in [7, 11) is -1.77. The van der Waals surface area contributed by atoms with Gasteiger partial charge in [-0.05, 0) is 26.0 Å². The highest BCUT2D eigenvalue weighted by Gasteiger charge is 2.40. The summed E-state index contributed by atoms with van der Waals surface area (Å²) in [4.78, 5) is 0.322. The number of rotatable bonds is 1. The molecule has 0 aliphatic carbocycles. The summed E-state index contributed by atoms with van der Waals surface area (Å²) in [6, 6.07) is 5.05. The van der Waals surface area contributed by atoms with Gasteiger partial charge < -0.3 is 10.1 Å². The number of ether oxygens (including phenoxy) is 1. The van der Waals surface area contributed by atoms with Gasteiger partial charge in [0.05, 0.1) is 22.4 Å². The average Bonchev–Trinajstić information content (AvgIpc) is 2.24. The van der Waals surface area contributed by atoms with Crippen molar-refractivity contribution in [3.8, 4) is 5.75 Å². The first-order valence-corrected chi connectivity index (χ1v) is 6.53. The van der Waals surface area contributed by atoms with Crippen LogP contribution >= 0.6 is 0 Å². The van der Waals surface area contributed by atoms with Crippen LogP contribution < -0.4 is 10.1 Å². The molecule has 2 rings (SSSR count). The molecule has 0 amide bonds. The number of hydrogen-bond donors (Lipinski definition) is 1. The second-order valence-corrected chi connectivity index (χ2v) is 7.03. The van der Waals surface area contributed by atoms with Crippen molar-refractivity contribution < 1.29 is 13.2 Å². The van der Waals surface area contributed by atoms with Gasteiger partial charge in [0.2, 0.25) is 0 Å². The van der Waals surface area contributed by atoms with Crippen LogP contribution in [-0.2, 0) is 9.84 Å². The molecule has 1 aliphatic rings. The fraction of sp³-hybridized carbons (Fsp3) is 0.455. The molecule has 0 fully saturated rings. The molecule has 1 N–H and O–H groups in total. The number of nitrogens with one attached hydrogen (secondary N) is 1. The van der Waals surface area contributed by atoms with E-state index in [0.717, 1.165) is 0 Å². The summed E-state index contributed by atoms with van der Waals surface area (Å²) >= 11 is 0. The van der Waals surface area contributed by atoms with E-state index in [1.54, 1.807) is 32.0 Å². The third kappa shape index (κ3) is 1.46. The molecule has 0 radical (unpaired) electrons. The van der Waals surface area contributed by atoms with Crippen LogP contribution in [0.1, 0.15) is 13.8 Å². The van der Waals surface area contributed by atoms with Gasteiger partial charge in [-0.1, -0.05) is 0 Å². The van der Waals surface area contributed by atoms with Crippen LogP contribution in [0, 0.1) is 0 Å². The third-order valence-corrected chi connectivity index (χ3v) is 5.43. The second kappa shape index (κ2) is 3.38. The zero-order valence-electron chi connectivity index (χ0n) is 9.57. The highest BCUT2D eigenvalue weighted by molar-refractivity contribution is 7.93. The van der Waals surface area contributed by atoms with Gasteiger partial charge in [0, 0.05) is 12.6 Å². The Morgan fingerprint density at radius 2 is 2.06 bits per heavy atom. The molecule has 0 aromatic heterocycles. The second-order valence-electron chi connectivity index (χ2n) is 4.48. The summed E-state index contributed by atoms with van der Waals surface area (Å²) in [6.07, 6.45) is 0. The first-order valence-electron chi connectivity index (χ1n) is 5.05. The Morgan fingerprint density at radius 3 is 2.69 bits per heavy atom. The smallest absolute Gasteiger partial charge is 0.187 e. The van der Waals surface area contributed by atoms with E-state index in [1.807, 2.05) is 0 Å². The maximum atomic E-state index is 12.3. The molecule has 0 saturated heterocycles. The Kier molecular flexibility index (Phi) is 2.38. The number of hydrogen-bond acceptors (Lipinski definition) is 4. The maximum absolute atomic E-state index is 12.3. The molecular weight excluding hydrogens is 226 g/mol. The van der Waals surface area contributed by atoms with Crippen molar-refractivity contribution in [1.29, 1.82) is 0 Å². The highest BCUT2D eigenvalue weighted by Crippen LogP contribution is 2.37. The van der Waals surface area contributed by atoms with Gasteiger partial charge in [-0.2, -0.15) is 0 Å². The monoisotopic (exact) mass is 241 g/mol. The van der Waals surface area contributed by atoms with Gasteiger partial charge in [-0.15, -0.1) is 0 Å². The van der Waals surface area contributed by atoms with Gasteiger partial charge in [0.25, 0.3) is 0 Å². The normalized spacial score (nSPS) is 20.7. The number of sulfone groups is 1. The molecule has 1 aromatic carbocycles. The zero-order chi connectivity index (χ0) is 12.0. The molecule has 4 nitrogen and oxygen atoms in total. The van der Waals surface area contributed by atoms with E-state index < -0.39 is 14.6 Å². The Morgan fingerprint density at radius 1 is 1.38 bits per heavy atom. The van der Waals surface area contributed by atoms with Gasteiger partial charge >= 0.3 is 0 Å². The lowest BCUT2D eigenvalue weighted by molar-refractivity contribution is 0.413. The maximum Gasteiger partial charge on any atom is 0.187 e. The molecule has 1 aromatic rings. The molecule has 88 valence electrons. The van der Waals surface area contributed by atoms with Crippen LogP contribution in [0.25, 0.3) is 0 Å². The summed E-state index contributed by atoms with van der Waals surface area (Å²) < 4.78 is 28.9. The Balaban J connectivity index is 2.66. The van der Waals surface area contributed by atoms with E-state index >= 15 is 0 Å². The predicted octanol–water partition coefficient (Wildman–Crippen LogP) is 1.67. The summed E-state index contributed by atoms with van der Waals surface area (Å²) in [5, 5.41) is 3.13. The lowest BCUT2D eigenvalue weighted by Gasteiger charge is -2.32. The molecule has 16 heavy (non-hydrogen) atoms. The molecule has 0 unspecified atom stereocenters. The summed E-state index contributed by atoms with van der Waals surface area (Å²) in [5.41, 5.74) is 0.653. The molecule has 0 spiro atoms. The third-order valence-electron chi connectivity index (χ3n) is 2.91. The summed E-state index contributed by atoms with van der Waals surface area (Å²) in [5.74, 6) is 0.557. The van der Waals surface area contributed by atoms with Crippen LogP contribution in [0.15, 0.2) is 23.1 Å². The minimum atomic E-state index is -3.30. The molecular formula is C11H15NO3S. The van der Waals surface area contributed by atoms with Crippen LogP contribution in [0.2, 0.25) is 0 Å². The van der Waals surface area contributed by atoms with Gasteiger partial charge in [0.15, 0.2) is 9.84 Å². The first-order chi connectivity index (χ1) is 7.38. The van der Waals surface area contributed by atoms with Crippen molar-refractivity contribution in [2.45, 2.75) is 23.5 Å². The van der Waals surface area contributed by atoms with Crippen molar-refractivity contribution in [2.75, 3.05) is 19.0 Å². The number of fused-ring (bicyclic) bond motifs is 1. The Labute approximate surface area is 95.5 Å². The van der Waals surface area contributed by atoms with Gasteiger partial charge in [-0.3, -0.25) is 0 Å². The summed E-state index contributed by atoms with van der Waals surface area (Å²) in [6.45, 7) is 3.87. The predicted molar refractivity (Wildman–Crippen MR) is 62.7 cm³/mol. The quantitative estimate of drug-likeness (QED) is 0.812. The highest BCUT2D eigenvalue weighted by atomic mass is 32.2. The molecule has 0 atom stereocenters. The van der Waals surface area contributed by atoms with Crippen LogP contribution in [-0.4, -0.2) is 26.8 Å². The zero-order valence-corrected chi connectivity index (χ0v) is 10.4. The number of benzene rings is 1. The minimum Gasteiger partial charge on any atom is -0.497 e. The average molecular weight is 241 g/mol. The number of methoxy groups -OCH3 is 1. The van der Waals surface area contributed by atoms with Crippen LogP contribution in [0.5, 0.6) is 5.75 Å². The lowest BCUT2D eigenvalue weighted by Crippen LogP contribution is -2.42. The fourth-order valence-corrected chi connectivity index (χ4v) is 3.26. The van der Waals surface area contributed by atoms with Crippen molar-refractivity contribution in [2.24, 2.45) is 0 Å². The Hall–Kier alpha value is -1.23. The lowest BCUT2D eigenvalue weighted by atomic mass is 10.2. The van der Waals surface area contributed by atoms with Crippen LogP contribution in [0.4, 0.5) is 5.69 Å². The van der Waals surface area contributed by atoms with E-state index in [4.69, 9.17) is 4.74 Å². The van der Waals surface area contributed by atoms with E-state index in [1.165, 1.54) is 7.11 Å². The standard InChI is InChI=1S/C11H15NO3S/c1-11(2)7-12-9-5-4-8(15-3)6-10(9)16(11,13)14/h4-6,12H,7H2,1-3H3. The van der Waals surface area contributed by atoms with Crippen molar-refractivity contribution in [3.63, 3.8) is 0 Å². The SMILES string of the molecule is COc1ccc2c(c1)S(=O)(=O)C(C)(C)CN2. The van der Waals surface area contributed by atoms with E-state index in [2.05, 4.69) is 5.32 Å². The molecule has 0 bridgehead atoms. The van der Waals surface area contributed by atoms with E-state index in [0.29, 0.717) is 22.9 Å². The van der Waals surface area contributed by atoms with Crippen molar-refractivity contribution in [1.82, 2.24) is 0 Å². The van der Waals surface area contributed by atoms with Gasteiger partial charge in [0.1, 0.15) is 5.75 Å². The minimum absolute atomic E-state index is 0.322. The largest absolute Gasteiger partial charge is 0.497 e. The number of anilines is 1. The van der Waals surface area contributed by atoms with Crippen molar-refractivity contribution >= 4 is 15.5 Å². The molecule has 1 heterocycles. The van der Waals surface area contributed by atoms with E-state index in [-0.39, 0.29) is 0 Å². The van der Waals surface area contributed by atoms with Crippen LogP contribution in [0.3, 0.4) is 0 Å². The first kappa shape index (κ1) is 11.3. The Bertz CT molecular complexity index is 520. The topological polar surface area (TPSA) is 55.4 Å². The van der Waals surface area contributed by atoms with E-state index in [9.17, 15) is 8.42 Å². The molecule has 1 aliphatic heterocycles. The molecule has 0 saturated carbocycles.